The molecular formula is C14H22O2S. The highest BCUT2D eigenvalue weighted by atomic mass is 32.1. The molecule has 0 amide bonds. The fourth-order valence-corrected chi connectivity index (χ4v) is 2.89. The zero-order valence-electron chi connectivity index (χ0n) is 11.0. The van der Waals surface area contributed by atoms with Gasteiger partial charge in [0, 0.05) is 10.8 Å². The molecule has 0 radical (unpaired) electrons. The Morgan fingerprint density at radius 3 is 2.76 bits per heavy atom. The van der Waals surface area contributed by atoms with Gasteiger partial charge in [0.05, 0.1) is 0 Å². The van der Waals surface area contributed by atoms with Crippen LogP contribution in [0.5, 0.6) is 11.5 Å². The van der Waals surface area contributed by atoms with Crippen molar-refractivity contribution in [1.29, 1.82) is 0 Å². The Kier molecular flexibility index (Phi) is 3.97. The van der Waals surface area contributed by atoms with E-state index < -0.39 is 0 Å². The van der Waals surface area contributed by atoms with Crippen LogP contribution in [-0.4, -0.2) is 11.7 Å². The van der Waals surface area contributed by atoms with Gasteiger partial charge in [0.1, 0.15) is 11.7 Å². The predicted octanol–water partition coefficient (Wildman–Crippen LogP) is 4.64. The molecule has 0 bridgehead atoms. The Morgan fingerprint density at radius 1 is 1.24 bits per heavy atom. The van der Waals surface area contributed by atoms with Gasteiger partial charge in [-0.15, -0.1) is 11.3 Å². The lowest BCUT2D eigenvalue weighted by atomic mass is 9.91. The molecule has 3 heteroatoms. The van der Waals surface area contributed by atoms with Crippen LogP contribution in [0.25, 0.3) is 0 Å². The number of ether oxygens (including phenoxy) is 2. The normalized spacial score (nSPS) is 27.1. The van der Waals surface area contributed by atoms with Gasteiger partial charge in [-0.2, -0.15) is 0 Å². The van der Waals surface area contributed by atoms with Crippen molar-refractivity contribution in [2.75, 3.05) is 0 Å². The molecule has 1 aromatic heterocycles. The zero-order chi connectivity index (χ0) is 12.3. The van der Waals surface area contributed by atoms with Crippen molar-refractivity contribution in [3.8, 4) is 11.5 Å². The minimum atomic E-state index is -0.165. The van der Waals surface area contributed by atoms with Crippen LogP contribution in [0.15, 0.2) is 10.8 Å². The molecule has 2 atom stereocenters. The monoisotopic (exact) mass is 254 g/mol. The first-order chi connectivity index (χ1) is 8.15. The van der Waals surface area contributed by atoms with Crippen molar-refractivity contribution in [2.45, 2.75) is 64.6 Å². The van der Waals surface area contributed by atoms with Crippen LogP contribution in [0, 0.1) is 0 Å². The molecule has 0 aromatic carbocycles. The Bertz CT molecular complexity index is 361. The van der Waals surface area contributed by atoms with E-state index in [1.807, 2.05) is 10.8 Å². The van der Waals surface area contributed by atoms with Gasteiger partial charge in [0.2, 0.25) is 0 Å². The summed E-state index contributed by atoms with van der Waals surface area (Å²) < 4.78 is 12.1. The highest BCUT2D eigenvalue weighted by Crippen LogP contribution is 2.42. The van der Waals surface area contributed by atoms with E-state index in [2.05, 4.69) is 20.8 Å². The van der Waals surface area contributed by atoms with E-state index >= 15 is 0 Å². The highest BCUT2D eigenvalue weighted by molar-refractivity contribution is 7.08. The van der Waals surface area contributed by atoms with E-state index in [1.54, 1.807) is 11.3 Å². The van der Waals surface area contributed by atoms with Gasteiger partial charge >= 0.3 is 0 Å². The summed E-state index contributed by atoms with van der Waals surface area (Å²) in [5, 5.41) is 4.05. The molecule has 1 aromatic rings. The Hall–Kier alpha value is -0.700. The Labute approximate surface area is 108 Å². The number of fused-ring (bicyclic) bond motifs is 1. The molecule has 2 unspecified atom stereocenters. The van der Waals surface area contributed by atoms with Crippen molar-refractivity contribution in [3.05, 3.63) is 10.8 Å². The van der Waals surface area contributed by atoms with E-state index in [-0.39, 0.29) is 11.7 Å². The van der Waals surface area contributed by atoms with Gasteiger partial charge in [0.15, 0.2) is 11.5 Å². The standard InChI is InChI=1S/C14H22O2S/c1-4-5-6-7-8-14(3)11(2)15-12-9-17-10-13(12)16-14/h9-11H,4-8H2,1-3H3. The van der Waals surface area contributed by atoms with Crippen LogP contribution < -0.4 is 9.47 Å². The van der Waals surface area contributed by atoms with Crippen molar-refractivity contribution in [3.63, 3.8) is 0 Å². The quantitative estimate of drug-likeness (QED) is 0.713. The lowest BCUT2D eigenvalue weighted by Crippen LogP contribution is -2.48. The van der Waals surface area contributed by atoms with E-state index in [0.29, 0.717) is 0 Å². The van der Waals surface area contributed by atoms with Crippen molar-refractivity contribution in [1.82, 2.24) is 0 Å². The molecule has 2 rings (SSSR count). The molecule has 0 N–H and O–H groups in total. The molecule has 96 valence electrons. The first-order valence-corrected chi connectivity index (χ1v) is 7.52. The maximum Gasteiger partial charge on any atom is 0.172 e. The molecule has 0 fully saturated rings. The van der Waals surface area contributed by atoms with Gasteiger partial charge in [-0.25, -0.2) is 0 Å². The van der Waals surface area contributed by atoms with Crippen LogP contribution in [0.3, 0.4) is 0 Å². The van der Waals surface area contributed by atoms with Gasteiger partial charge < -0.3 is 9.47 Å². The summed E-state index contributed by atoms with van der Waals surface area (Å²) in [4.78, 5) is 0. The summed E-state index contributed by atoms with van der Waals surface area (Å²) in [6, 6.07) is 0. The zero-order valence-corrected chi connectivity index (χ0v) is 11.8. The Morgan fingerprint density at radius 2 is 2.00 bits per heavy atom. The summed E-state index contributed by atoms with van der Waals surface area (Å²) in [6.07, 6.45) is 6.30. The minimum Gasteiger partial charge on any atom is -0.482 e. The number of unbranched alkanes of at least 4 members (excludes halogenated alkanes) is 3. The summed E-state index contributed by atoms with van der Waals surface area (Å²) >= 11 is 1.64. The smallest absolute Gasteiger partial charge is 0.172 e. The molecule has 1 aliphatic rings. The lowest BCUT2D eigenvalue weighted by Gasteiger charge is -2.39. The van der Waals surface area contributed by atoms with Gasteiger partial charge in [-0.05, 0) is 26.7 Å². The maximum atomic E-state index is 6.14. The lowest BCUT2D eigenvalue weighted by molar-refractivity contribution is -0.0517. The number of rotatable bonds is 5. The molecule has 1 aliphatic heterocycles. The van der Waals surface area contributed by atoms with Gasteiger partial charge in [0.25, 0.3) is 0 Å². The van der Waals surface area contributed by atoms with Crippen LogP contribution in [0.2, 0.25) is 0 Å². The third kappa shape index (κ3) is 2.76. The van der Waals surface area contributed by atoms with E-state index in [0.717, 1.165) is 17.9 Å². The minimum absolute atomic E-state index is 0.131. The second-order valence-corrected chi connectivity index (χ2v) is 5.83. The number of hydrogen-bond donors (Lipinski definition) is 0. The SMILES string of the molecule is CCCCCCC1(C)Oc2cscc2OC1C. The Balaban J connectivity index is 1.95. The first-order valence-electron chi connectivity index (χ1n) is 6.57. The van der Waals surface area contributed by atoms with Gasteiger partial charge in [-0.1, -0.05) is 26.2 Å². The number of thiophene rings is 1. The third-order valence-corrected chi connectivity index (χ3v) is 4.33. The average molecular weight is 254 g/mol. The van der Waals surface area contributed by atoms with E-state index in [9.17, 15) is 0 Å². The molecule has 2 nitrogen and oxygen atoms in total. The van der Waals surface area contributed by atoms with Crippen LogP contribution in [0.1, 0.15) is 52.9 Å². The van der Waals surface area contributed by atoms with Gasteiger partial charge in [-0.3, -0.25) is 0 Å². The average Bonchev–Trinajstić information content (AvgIpc) is 2.72. The second-order valence-electron chi connectivity index (χ2n) is 5.09. The van der Waals surface area contributed by atoms with Crippen LogP contribution >= 0.6 is 11.3 Å². The largest absolute Gasteiger partial charge is 0.482 e. The summed E-state index contributed by atoms with van der Waals surface area (Å²) in [7, 11) is 0. The molecule has 0 spiro atoms. The predicted molar refractivity (Wildman–Crippen MR) is 72.2 cm³/mol. The molecule has 0 saturated heterocycles. The topological polar surface area (TPSA) is 18.5 Å². The third-order valence-electron chi connectivity index (χ3n) is 3.63. The fourth-order valence-electron chi connectivity index (χ4n) is 2.24. The second kappa shape index (κ2) is 5.30. The molecular weight excluding hydrogens is 232 g/mol. The summed E-state index contributed by atoms with van der Waals surface area (Å²) in [5.74, 6) is 1.83. The summed E-state index contributed by atoms with van der Waals surface area (Å²) in [6.45, 7) is 6.52. The summed E-state index contributed by atoms with van der Waals surface area (Å²) in [5.41, 5.74) is -0.165. The van der Waals surface area contributed by atoms with Crippen LogP contribution in [0.4, 0.5) is 0 Å². The highest BCUT2D eigenvalue weighted by Gasteiger charge is 2.39. The fraction of sp³-hybridized carbons (Fsp3) is 0.714. The van der Waals surface area contributed by atoms with E-state index in [4.69, 9.17) is 9.47 Å². The van der Waals surface area contributed by atoms with E-state index in [1.165, 1.54) is 25.7 Å². The van der Waals surface area contributed by atoms with Crippen molar-refractivity contribution in [2.24, 2.45) is 0 Å². The van der Waals surface area contributed by atoms with Crippen LogP contribution in [-0.2, 0) is 0 Å². The molecule has 17 heavy (non-hydrogen) atoms. The number of hydrogen-bond acceptors (Lipinski definition) is 3. The molecule has 0 aliphatic carbocycles. The van der Waals surface area contributed by atoms with Crippen molar-refractivity contribution >= 4 is 11.3 Å². The molecule has 0 saturated carbocycles. The van der Waals surface area contributed by atoms with Crippen molar-refractivity contribution < 1.29 is 9.47 Å². The first kappa shape index (κ1) is 12.7. The maximum absolute atomic E-state index is 6.14. The molecule has 2 heterocycles.